The van der Waals surface area contributed by atoms with Crippen LogP contribution in [0.25, 0.3) is 11.3 Å². The van der Waals surface area contributed by atoms with Gasteiger partial charge in [-0.3, -0.25) is 9.78 Å². The summed E-state index contributed by atoms with van der Waals surface area (Å²) in [6.07, 6.45) is -3.71. The smallest absolute Gasteiger partial charge is 0.417 e. The van der Waals surface area contributed by atoms with Gasteiger partial charge >= 0.3 is 12.3 Å². The zero-order valence-corrected chi connectivity index (χ0v) is 21.2. The Morgan fingerprint density at radius 3 is 2.59 bits per heavy atom. The SMILES string of the molecule is Cc1ncc(NC(=O)c2cccc(C(F)(F)F)c2)cc1-c1cc(N2CCOCC2)nc(N2C(=O)OCC2C)n1. The fraction of sp³-hybridized carbons (Fsp3) is 0.346. The standard InChI is InChI=1S/C26H25F3N6O4/c1-15-14-39-25(37)35(15)24-32-21(12-22(33-24)34-6-8-38-9-7-34)20-11-19(13-30-16(20)2)31-23(36)17-4-3-5-18(10-17)26(27,28)29/h3-5,10-13,15H,6-9,14H2,1-2H3,(H,31,36). The molecule has 204 valence electrons. The van der Waals surface area contributed by atoms with Gasteiger partial charge in [0.1, 0.15) is 12.4 Å². The van der Waals surface area contributed by atoms with Crippen molar-refractivity contribution >= 4 is 29.5 Å². The van der Waals surface area contributed by atoms with E-state index in [-0.39, 0.29) is 29.8 Å². The fourth-order valence-corrected chi connectivity index (χ4v) is 4.32. The first-order valence-corrected chi connectivity index (χ1v) is 12.2. The molecule has 39 heavy (non-hydrogen) atoms. The first kappa shape index (κ1) is 26.4. The normalized spacial score (nSPS) is 17.8. The zero-order chi connectivity index (χ0) is 27.7. The van der Waals surface area contributed by atoms with Gasteiger partial charge in [0.2, 0.25) is 5.95 Å². The molecule has 2 aliphatic rings. The highest BCUT2D eigenvalue weighted by atomic mass is 19.4. The Morgan fingerprint density at radius 1 is 1.13 bits per heavy atom. The molecule has 1 unspecified atom stereocenters. The van der Waals surface area contributed by atoms with E-state index >= 15 is 0 Å². The molecule has 0 aliphatic carbocycles. The predicted octanol–water partition coefficient (Wildman–Crippen LogP) is 4.30. The van der Waals surface area contributed by atoms with Crippen molar-refractivity contribution in [3.05, 3.63) is 59.4 Å². The second kappa shape index (κ2) is 10.5. The van der Waals surface area contributed by atoms with Crippen molar-refractivity contribution in [1.82, 2.24) is 15.0 Å². The molecule has 1 N–H and O–H groups in total. The van der Waals surface area contributed by atoms with E-state index in [1.807, 2.05) is 11.8 Å². The molecule has 5 rings (SSSR count). The van der Waals surface area contributed by atoms with Crippen molar-refractivity contribution in [3.8, 4) is 11.3 Å². The highest BCUT2D eigenvalue weighted by Crippen LogP contribution is 2.32. The average molecular weight is 543 g/mol. The molecule has 0 spiro atoms. The van der Waals surface area contributed by atoms with E-state index in [0.29, 0.717) is 49.1 Å². The largest absolute Gasteiger partial charge is 0.447 e. The van der Waals surface area contributed by atoms with Crippen LogP contribution in [0, 0.1) is 6.92 Å². The van der Waals surface area contributed by atoms with Gasteiger partial charge < -0.3 is 19.7 Å². The van der Waals surface area contributed by atoms with Crippen molar-refractivity contribution in [2.45, 2.75) is 26.1 Å². The first-order valence-electron chi connectivity index (χ1n) is 12.2. The summed E-state index contributed by atoms with van der Waals surface area (Å²) in [6.45, 7) is 6.03. The molecule has 2 fully saturated rings. The molecule has 1 atom stereocenters. The van der Waals surface area contributed by atoms with Crippen LogP contribution < -0.4 is 15.1 Å². The number of benzene rings is 1. The van der Waals surface area contributed by atoms with E-state index in [2.05, 4.69) is 20.3 Å². The van der Waals surface area contributed by atoms with Crippen molar-refractivity contribution in [1.29, 1.82) is 0 Å². The van der Waals surface area contributed by atoms with Crippen LogP contribution in [0.2, 0.25) is 0 Å². The van der Waals surface area contributed by atoms with Gasteiger partial charge in [0.05, 0.1) is 42.4 Å². The molecule has 1 aromatic carbocycles. The number of cyclic esters (lactones) is 1. The highest BCUT2D eigenvalue weighted by Gasteiger charge is 2.34. The number of hydrogen-bond donors (Lipinski definition) is 1. The van der Waals surface area contributed by atoms with Gasteiger partial charge in [0.25, 0.3) is 5.91 Å². The third kappa shape index (κ3) is 5.62. The van der Waals surface area contributed by atoms with Crippen LogP contribution in [0.1, 0.15) is 28.5 Å². The third-order valence-electron chi connectivity index (χ3n) is 6.41. The Kier molecular flexibility index (Phi) is 7.08. The second-order valence-corrected chi connectivity index (χ2v) is 9.20. The number of aryl methyl sites for hydroxylation is 1. The number of nitrogens with zero attached hydrogens (tertiary/aromatic N) is 5. The van der Waals surface area contributed by atoms with Gasteiger partial charge in [0.15, 0.2) is 0 Å². The molecule has 0 radical (unpaired) electrons. The fourth-order valence-electron chi connectivity index (χ4n) is 4.32. The molecular formula is C26H25F3N6O4. The summed E-state index contributed by atoms with van der Waals surface area (Å²) in [5, 5.41) is 2.61. The van der Waals surface area contributed by atoms with Crippen molar-refractivity contribution in [2.75, 3.05) is 48.0 Å². The van der Waals surface area contributed by atoms with E-state index in [0.717, 1.165) is 12.1 Å². The van der Waals surface area contributed by atoms with Crippen molar-refractivity contribution < 1.29 is 32.2 Å². The minimum atomic E-state index is -4.57. The van der Waals surface area contributed by atoms with Crippen LogP contribution in [0.15, 0.2) is 42.6 Å². The highest BCUT2D eigenvalue weighted by molar-refractivity contribution is 6.04. The number of halogens is 3. The lowest BCUT2D eigenvalue weighted by molar-refractivity contribution is -0.137. The average Bonchev–Trinajstić information content (AvgIpc) is 3.27. The molecule has 10 nitrogen and oxygen atoms in total. The Morgan fingerprint density at radius 2 is 1.90 bits per heavy atom. The van der Waals surface area contributed by atoms with Crippen LogP contribution in [0.5, 0.6) is 0 Å². The maximum Gasteiger partial charge on any atom is 0.417 e. The van der Waals surface area contributed by atoms with Gasteiger partial charge in [-0.15, -0.1) is 0 Å². The Labute approximate surface area is 221 Å². The molecule has 0 bridgehead atoms. The lowest BCUT2D eigenvalue weighted by Crippen LogP contribution is -2.38. The third-order valence-corrected chi connectivity index (χ3v) is 6.41. The molecule has 0 saturated carbocycles. The van der Waals surface area contributed by atoms with Gasteiger partial charge in [-0.2, -0.15) is 18.2 Å². The minimum Gasteiger partial charge on any atom is -0.447 e. The minimum absolute atomic E-state index is 0.146. The molecule has 2 aliphatic heterocycles. The van der Waals surface area contributed by atoms with E-state index < -0.39 is 23.7 Å². The summed E-state index contributed by atoms with van der Waals surface area (Å²) in [5.74, 6) is 0.0357. The number of nitrogens with one attached hydrogen (secondary N) is 1. The first-order chi connectivity index (χ1) is 18.6. The van der Waals surface area contributed by atoms with Gasteiger partial charge in [-0.25, -0.2) is 14.7 Å². The number of aromatic nitrogens is 3. The number of ether oxygens (including phenoxy) is 2. The van der Waals surface area contributed by atoms with E-state index in [4.69, 9.17) is 9.47 Å². The Bertz CT molecular complexity index is 1410. The maximum absolute atomic E-state index is 13.1. The lowest BCUT2D eigenvalue weighted by Gasteiger charge is -2.29. The number of morpholine rings is 1. The number of amides is 2. The molecular weight excluding hydrogens is 517 g/mol. The van der Waals surface area contributed by atoms with Gasteiger partial charge in [-0.05, 0) is 38.1 Å². The van der Waals surface area contributed by atoms with E-state index in [9.17, 15) is 22.8 Å². The number of anilines is 3. The molecule has 2 saturated heterocycles. The summed E-state index contributed by atoms with van der Waals surface area (Å²) < 4.78 is 49.9. The quantitative estimate of drug-likeness (QED) is 0.508. The number of rotatable bonds is 5. The van der Waals surface area contributed by atoms with Crippen molar-refractivity contribution in [3.63, 3.8) is 0 Å². The molecule has 4 heterocycles. The molecule has 13 heteroatoms. The van der Waals surface area contributed by atoms with Crippen LogP contribution in [0.3, 0.4) is 0 Å². The monoisotopic (exact) mass is 542 g/mol. The number of alkyl halides is 3. The predicted molar refractivity (Wildman–Crippen MR) is 136 cm³/mol. The topological polar surface area (TPSA) is 110 Å². The summed E-state index contributed by atoms with van der Waals surface area (Å²) in [7, 11) is 0. The zero-order valence-electron chi connectivity index (χ0n) is 21.2. The number of carbonyl (C=O) groups is 2. The lowest BCUT2D eigenvalue weighted by atomic mass is 10.1. The number of carbonyl (C=O) groups excluding carboxylic acids is 2. The number of hydrogen-bond acceptors (Lipinski definition) is 8. The summed E-state index contributed by atoms with van der Waals surface area (Å²) >= 11 is 0. The van der Waals surface area contributed by atoms with Gasteiger partial charge in [-0.1, -0.05) is 6.07 Å². The summed E-state index contributed by atoms with van der Waals surface area (Å²) in [4.78, 5) is 42.3. The Balaban J connectivity index is 1.50. The molecule has 2 aromatic heterocycles. The van der Waals surface area contributed by atoms with Crippen LogP contribution in [-0.2, 0) is 15.7 Å². The molecule has 3 aromatic rings. The Hall–Kier alpha value is -4.26. The summed E-state index contributed by atoms with van der Waals surface area (Å²) in [5.41, 5.74) is 0.787. The van der Waals surface area contributed by atoms with E-state index in [1.54, 1.807) is 19.1 Å². The van der Waals surface area contributed by atoms with Gasteiger partial charge in [0, 0.05) is 36.0 Å². The summed E-state index contributed by atoms with van der Waals surface area (Å²) in [6, 6.07) is 7.29. The van der Waals surface area contributed by atoms with Crippen molar-refractivity contribution in [2.24, 2.45) is 0 Å². The van der Waals surface area contributed by atoms with Crippen LogP contribution >= 0.6 is 0 Å². The second-order valence-electron chi connectivity index (χ2n) is 9.20. The van der Waals surface area contributed by atoms with E-state index in [1.165, 1.54) is 23.2 Å². The van der Waals surface area contributed by atoms with Crippen LogP contribution in [0.4, 0.5) is 35.4 Å². The maximum atomic E-state index is 13.1. The molecule has 2 amide bonds. The number of pyridine rings is 1. The van der Waals surface area contributed by atoms with Crippen LogP contribution in [-0.4, -0.2) is 65.9 Å².